The Morgan fingerprint density at radius 2 is 2.00 bits per heavy atom. The molecule has 0 spiro atoms. The molecule has 1 saturated carbocycles. The summed E-state index contributed by atoms with van der Waals surface area (Å²) in [6.45, 7) is 2.15. The monoisotopic (exact) mass is 239 g/mol. The summed E-state index contributed by atoms with van der Waals surface area (Å²) in [4.78, 5) is 24.6. The average molecular weight is 239 g/mol. The van der Waals surface area contributed by atoms with Crippen LogP contribution in [0, 0.1) is 11.8 Å². The topological polar surface area (TPSA) is 57.6 Å². The molecule has 17 heavy (non-hydrogen) atoms. The molecule has 0 bridgehead atoms. The maximum absolute atomic E-state index is 11.5. The number of carboxylic acid groups (broad SMARTS) is 1. The normalized spacial score (nSPS) is 28.2. The highest BCUT2D eigenvalue weighted by Crippen LogP contribution is 2.25. The van der Waals surface area contributed by atoms with Crippen LogP contribution in [0.2, 0.25) is 0 Å². The van der Waals surface area contributed by atoms with Gasteiger partial charge in [0, 0.05) is 26.1 Å². The third-order valence-electron chi connectivity index (χ3n) is 4.04. The van der Waals surface area contributed by atoms with Crippen molar-refractivity contribution in [1.29, 1.82) is 0 Å². The molecule has 1 atom stereocenters. The van der Waals surface area contributed by atoms with Gasteiger partial charge in [0.2, 0.25) is 0 Å². The SMILES string of the molecule is O=C(O)C1CN(CC2CCCCC2)CCC1=O. The van der Waals surface area contributed by atoms with E-state index in [4.69, 9.17) is 5.11 Å². The van der Waals surface area contributed by atoms with Gasteiger partial charge in [-0.1, -0.05) is 19.3 Å². The van der Waals surface area contributed by atoms with E-state index in [0.29, 0.717) is 18.9 Å². The van der Waals surface area contributed by atoms with Crippen LogP contribution in [0.15, 0.2) is 0 Å². The van der Waals surface area contributed by atoms with Crippen LogP contribution in [-0.4, -0.2) is 41.4 Å². The summed E-state index contributed by atoms with van der Waals surface area (Å²) in [5.74, 6) is -1.13. The minimum atomic E-state index is -0.955. The van der Waals surface area contributed by atoms with E-state index in [2.05, 4.69) is 4.90 Å². The van der Waals surface area contributed by atoms with Crippen LogP contribution in [0.3, 0.4) is 0 Å². The maximum atomic E-state index is 11.5. The van der Waals surface area contributed by atoms with Crippen LogP contribution in [-0.2, 0) is 9.59 Å². The number of carbonyl (C=O) groups is 2. The molecule has 1 heterocycles. The number of nitrogens with zero attached hydrogens (tertiary/aromatic N) is 1. The number of carboxylic acids is 1. The van der Waals surface area contributed by atoms with Crippen molar-refractivity contribution in [2.24, 2.45) is 11.8 Å². The average Bonchev–Trinajstić information content (AvgIpc) is 2.32. The molecule has 1 aliphatic heterocycles. The Hall–Kier alpha value is -0.900. The van der Waals surface area contributed by atoms with Crippen molar-refractivity contribution in [3.05, 3.63) is 0 Å². The Kier molecular flexibility index (Phi) is 4.15. The van der Waals surface area contributed by atoms with Gasteiger partial charge in [-0.15, -0.1) is 0 Å². The number of Topliss-reactive ketones (excluding diaryl/α,β-unsaturated/α-hetero) is 1. The standard InChI is InChI=1S/C13H21NO3/c15-12-6-7-14(9-11(12)13(16)17)8-10-4-2-1-3-5-10/h10-11H,1-9H2,(H,16,17). The fraction of sp³-hybridized carbons (Fsp3) is 0.846. The van der Waals surface area contributed by atoms with Gasteiger partial charge < -0.3 is 10.0 Å². The molecule has 4 nitrogen and oxygen atoms in total. The van der Waals surface area contributed by atoms with Crippen molar-refractivity contribution < 1.29 is 14.7 Å². The van der Waals surface area contributed by atoms with Gasteiger partial charge in [0.05, 0.1) is 0 Å². The molecule has 1 aliphatic carbocycles. The first-order valence-electron chi connectivity index (χ1n) is 6.64. The van der Waals surface area contributed by atoms with Crippen LogP contribution in [0.25, 0.3) is 0 Å². The fourth-order valence-corrected chi connectivity index (χ4v) is 3.01. The number of carbonyl (C=O) groups excluding carboxylic acids is 1. The minimum absolute atomic E-state index is 0.0996. The summed E-state index contributed by atoms with van der Waals surface area (Å²) >= 11 is 0. The number of piperidine rings is 1. The van der Waals surface area contributed by atoms with E-state index in [1.807, 2.05) is 0 Å². The van der Waals surface area contributed by atoms with Gasteiger partial charge in [0.25, 0.3) is 0 Å². The Bertz CT molecular complexity index is 297. The molecular formula is C13H21NO3. The van der Waals surface area contributed by atoms with E-state index in [9.17, 15) is 9.59 Å². The van der Waals surface area contributed by atoms with Gasteiger partial charge >= 0.3 is 5.97 Å². The number of ketones is 1. The smallest absolute Gasteiger partial charge is 0.315 e. The summed E-state index contributed by atoms with van der Waals surface area (Å²) in [5, 5.41) is 8.98. The third kappa shape index (κ3) is 3.28. The van der Waals surface area contributed by atoms with Crippen LogP contribution in [0.5, 0.6) is 0 Å². The Labute approximate surface area is 102 Å². The van der Waals surface area contributed by atoms with E-state index in [-0.39, 0.29) is 5.78 Å². The van der Waals surface area contributed by atoms with E-state index in [1.165, 1.54) is 32.1 Å². The molecule has 0 radical (unpaired) electrons. The summed E-state index contributed by atoms with van der Waals surface area (Å²) in [6.07, 6.45) is 6.89. The van der Waals surface area contributed by atoms with Crippen molar-refractivity contribution in [3.63, 3.8) is 0 Å². The number of rotatable bonds is 3. The van der Waals surface area contributed by atoms with Crippen molar-refractivity contribution >= 4 is 11.8 Å². The van der Waals surface area contributed by atoms with Crippen molar-refractivity contribution in [2.45, 2.75) is 38.5 Å². The molecule has 1 N–H and O–H groups in total. The predicted octanol–water partition coefficient (Wildman–Crippen LogP) is 1.54. The third-order valence-corrected chi connectivity index (χ3v) is 4.04. The van der Waals surface area contributed by atoms with E-state index < -0.39 is 11.9 Å². The lowest BCUT2D eigenvalue weighted by Gasteiger charge is -2.33. The Balaban J connectivity index is 1.85. The molecular weight excluding hydrogens is 218 g/mol. The number of hydrogen-bond acceptors (Lipinski definition) is 3. The zero-order valence-corrected chi connectivity index (χ0v) is 10.2. The van der Waals surface area contributed by atoms with E-state index in [0.717, 1.165) is 13.1 Å². The first-order chi connectivity index (χ1) is 8.16. The molecule has 0 aromatic rings. The van der Waals surface area contributed by atoms with Crippen LogP contribution in [0.1, 0.15) is 38.5 Å². The molecule has 0 aromatic carbocycles. The number of hydrogen-bond donors (Lipinski definition) is 1. The first kappa shape index (κ1) is 12.6. The summed E-state index contributed by atoms with van der Waals surface area (Å²) in [6, 6.07) is 0. The van der Waals surface area contributed by atoms with Crippen LogP contribution in [0.4, 0.5) is 0 Å². The number of likely N-dealkylation sites (tertiary alicyclic amines) is 1. The quantitative estimate of drug-likeness (QED) is 0.759. The minimum Gasteiger partial charge on any atom is -0.481 e. The zero-order valence-electron chi connectivity index (χ0n) is 10.2. The summed E-state index contributed by atoms with van der Waals surface area (Å²) in [7, 11) is 0. The molecule has 2 rings (SSSR count). The van der Waals surface area contributed by atoms with Gasteiger partial charge in [-0.05, 0) is 18.8 Å². The number of aliphatic carboxylic acids is 1. The highest BCUT2D eigenvalue weighted by atomic mass is 16.4. The molecule has 0 aromatic heterocycles. The summed E-state index contributed by atoms with van der Waals surface area (Å²) in [5.41, 5.74) is 0. The van der Waals surface area contributed by atoms with Crippen molar-refractivity contribution in [1.82, 2.24) is 4.90 Å². The lowest BCUT2D eigenvalue weighted by atomic mass is 9.87. The zero-order chi connectivity index (χ0) is 12.3. The Morgan fingerprint density at radius 1 is 1.29 bits per heavy atom. The first-order valence-corrected chi connectivity index (χ1v) is 6.64. The van der Waals surface area contributed by atoms with Gasteiger partial charge in [0.15, 0.2) is 0 Å². The molecule has 2 fully saturated rings. The molecule has 2 aliphatic rings. The largest absolute Gasteiger partial charge is 0.481 e. The fourth-order valence-electron chi connectivity index (χ4n) is 3.01. The highest BCUT2D eigenvalue weighted by Gasteiger charge is 2.33. The second-order valence-electron chi connectivity index (χ2n) is 5.37. The lowest BCUT2D eigenvalue weighted by molar-refractivity contribution is -0.149. The van der Waals surface area contributed by atoms with Gasteiger partial charge in [0.1, 0.15) is 11.7 Å². The molecule has 96 valence electrons. The molecule has 1 unspecified atom stereocenters. The summed E-state index contributed by atoms with van der Waals surface area (Å²) < 4.78 is 0. The van der Waals surface area contributed by atoms with E-state index >= 15 is 0 Å². The van der Waals surface area contributed by atoms with Crippen LogP contribution < -0.4 is 0 Å². The van der Waals surface area contributed by atoms with Crippen LogP contribution >= 0.6 is 0 Å². The van der Waals surface area contributed by atoms with Crippen molar-refractivity contribution in [2.75, 3.05) is 19.6 Å². The Morgan fingerprint density at radius 3 is 2.65 bits per heavy atom. The van der Waals surface area contributed by atoms with Crippen molar-refractivity contribution in [3.8, 4) is 0 Å². The van der Waals surface area contributed by atoms with Gasteiger partial charge in [-0.25, -0.2) is 0 Å². The van der Waals surface area contributed by atoms with Gasteiger partial charge in [-0.3, -0.25) is 9.59 Å². The van der Waals surface area contributed by atoms with E-state index in [1.54, 1.807) is 0 Å². The molecule has 0 amide bonds. The highest BCUT2D eigenvalue weighted by molar-refractivity contribution is 5.99. The molecule has 1 saturated heterocycles. The molecule has 4 heteroatoms. The van der Waals surface area contributed by atoms with Gasteiger partial charge in [-0.2, -0.15) is 0 Å². The second-order valence-corrected chi connectivity index (χ2v) is 5.37. The maximum Gasteiger partial charge on any atom is 0.315 e. The second kappa shape index (κ2) is 5.63. The predicted molar refractivity (Wildman–Crippen MR) is 63.8 cm³/mol. The lowest BCUT2D eigenvalue weighted by Crippen LogP contribution is -2.46.